The summed E-state index contributed by atoms with van der Waals surface area (Å²) in [6.07, 6.45) is 2.98. The minimum atomic E-state index is -0.857. The third-order valence-corrected chi connectivity index (χ3v) is 7.91. The number of nitrogens with one attached hydrogen (secondary N) is 3. The molecular weight excluding hydrogens is 601 g/mol. The van der Waals surface area contributed by atoms with Crippen molar-refractivity contribution in [2.24, 2.45) is 9.98 Å². The Hall–Kier alpha value is -5.16. The molecule has 2 fully saturated rings. The Morgan fingerprint density at radius 1 is 1.06 bits per heavy atom. The molecule has 3 N–H and O–H groups in total. The van der Waals surface area contributed by atoms with Gasteiger partial charge in [-0.15, -0.1) is 0 Å². The van der Waals surface area contributed by atoms with E-state index in [1.54, 1.807) is 63.2 Å². The van der Waals surface area contributed by atoms with Gasteiger partial charge in [0, 0.05) is 17.7 Å². The number of carbonyl (C=O) groups is 3. The Bertz CT molecular complexity index is 1800. The molecule has 1 saturated heterocycles. The second-order valence-corrected chi connectivity index (χ2v) is 12.7. The van der Waals surface area contributed by atoms with Crippen molar-refractivity contribution in [3.05, 3.63) is 106 Å². The van der Waals surface area contributed by atoms with Crippen molar-refractivity contribution in [1.29, 1.82) is 0 Å². The maximum absolute atomic E-state index is 15.3. The van der Waals surface area contributed by atoms with Gasteiger partial charge in [-0.2, -0.15) is 0 Å². The molecule has 0 spiro atoms. The average molecular weight is 638 g/mol. The second-order valence-electron chi connectivity index (χ2n) is 12.7. The summed E-state index contributed by atoms with van der Waals surface area (Å²) in [7, 11) is 0. The normalized spacial score (nSPS) is 20.6. The van der Waals surface area contributed by atoms with Gasteiger partial charge in [-0.25, -0.2) is 29.5 Å². The van der Waals surface area contributed by atoms with E-state index < -0.39 is 41.5 Å². The van der Waals surface area contributed by atoms with Crippen molar-refractivity contribution >= 4 is 40.7 Å². The number of hydrogen-bond acceptors (Lipinski definition) is 8. The number of Topliss-reactive ketones (excluding diaryl/α,β-unsaturated/α-hetero) is 1. The van der Waals surface area contributed by atoms with Gasteiger partial charge in [-0.1, -0.05) is 48.5 Å². The summed E-state index contributed by atoms with van der Waals surface area (Å²) in [5.74, 6) is -0.712. The highest BCUT2D eigenvalue weighted by molar-refractivity contribution is 6.70. The predicted octanol–water partition coefficient (Wildman–Crippen LogP) is 6.14. The summed E-state index contributed by atoms with van der Waals surface area (Å²) in [6, 6.07) is 18.6. The van der Waals surface area contributed by atoms with Crippen LogP contribution in [0, 0.1) is 5.82 Å². The topological polar surface area (TPSA) is 130 Å². The molecule has 2 aliphatic heterocycles. The van der Waals surface area contributed by atoms with Crippen LogP contribution in [0.5, 0.6) is 0 Å². The Morgan fingerprint density at radius 3 is 2.40 bits per heavy atom. The fourth-order valence-electron chi connectivity index (χ4n) is 5.39. The van der Waals surface area contributed by atoms with Crippen molar-refractivity contribution in [2.45, 2.75) is 70.7 Å². The van der Waals surface area contributed by atoms with Crippen molar-refractivity contribution in [3.63, 3.8) is 0 Å². The summed E-state index contributed by atoms with van der Waals surface area (Å²) in [4.78, 5) is 52.5. The first kappa shape index (κ1) is 31.8. The zero-order chi connectivity index (χ0) is 33.3. The van der Waals surface area contributed by atoms with Crippen molar-refractivity contribution in [1.82, 2.24) is 10.8 Å². The molecule has 2 amide bonds. The zero-order valence-corrected chi connectivity index (χ0v) is 26.6. The molecular formula is C36H36FN5O5. The third kappa shape index (κ3) is 7.47. The van der Waals surface area contributed by atoms with Crippen molar-refractivity contribution < 1.29 is 28.3 Å². The molecule has 47 heavy (non-hydrogen) atoms. The number of ether oxygens (including phenoxy) is 1. The number of carbonyl (C=O) groups excluding carboxylic acids is 3. The van der Waals surface area contributed by atoms with E-state index >= 15 is 4.39 Å². The van der Waals surface area contributed by atoms with Gasteiger partial charge in [-0.3, -0.25) is 14.9 Å². The number of amides is 2. The van der Waals surface area contributed by atoms with Gasteiger partial charge < -0.3 is 10.1 Å². The van der Waals surface area contributed by atoms with Gasteiger partial charge in [0.2, 0.25) is 12.0 Å². The van der Waals surface area contributed by atoms with Gasteiger partial charge in [0.15, 0.2) is 11.5 Å². The number of amidine groups is 1. The summed E-state index contributed by atoms with van der Waals surface area (Å²) >= 11 is 0. The first-order valence-corrected chi connectivity index (χ1v) is 15.6. The predicted molar refractivity (Wildman–Crippen MR) is 176 cm³/mol. The second kappa shape index (κ2) is 12.9. The number of hydrogen-bond donors (Lipinski definition) is 3. The summed E-state index contributed by atoms with van der Waals surface area (Å²) < 4.78 is 20.6. The molecule has 242 valence electrons. The molecule has 3 aromatic rings. The van der Waals surface area contributed by atoms with E-state index in [1.807, 2.05) is 19.1 Å². The molecule has 11 heteroatoms. The van der Waals surface area contributed by atoms with E-state index in [0.29, 0.717) is 28.4 Å². The van der Waals surface area contributed by atoms with E-state index in [-0.39, 0.29) is 23.5 Å². The van der Waals surface area contributed by atoms with Crippen LogP contribution in [0.1, 0.15) is 80.5 Å². The number of anilines is 1. The summed E-state index contributed by atoms with van der Waals surface area (Å²) in [5, 5.41) is 5.36. The van der Waals surface area contributed by atoms with E-state index in [2.05, 4.69) is 38.2 Å². The standard InChI is InChI=1S/C36H36FN5O5/c1-5-28(23-11-9-22(10-12-23)21-7-8-21)39-30-31(43)29(40-33(30)44)19-20-6-17-26(27(37)18-20)32-41-34(47-42-32)24-13-15-25(16-14-24)38-35(45)46-36(2,3)4/h5-6,9-18,21,29,34H,7-8,19H2,1-4H3,(H,38,45)(H,40,44)(H,41,42)/b28-5-,39-30?. The Kier molecular flexibility index (Phi) is 8.74. The number of halogens is 1. The highest BCUT2D eigenvalue weighted by atomic mass is 19.1. The van der Waals surface area contributed by atoms with Gasteiger partial charge in [-0.05, 0) is 87.4 Å². The van der Waals surface area contributed by atoms with Gasteiger partial charge >= 0.3 is 6.09 Å². The van der Waals surface area contributed by atoms with Crippen LogP contribution in [-0.4, -0.2) is 41.0 Å². The molecule has 10 nitrogen and oxygen atoms in total. The van der Waals surface area contributed by atoms with Crippen LogP contribution < -0.4 is 16.1 Å². The van der Waals surface area contributed by atoms with Crippen LogP contribution in [0.2, 0.25) is 0 Å². The Balaban J connectivity index is 1.09. The molecule has 3 aromatic carbocycles. The molecule has 0 aromatic heterocycles. The molecule has 6 rings (SSSR count). The van der Waals surface area contributed by atoms with Crippen LogP contribution >= 0.6 is 0 Å². The largest absolute Gasteiger partial charge is 0.444 e. The SMILES string of the molecule is C/C=C(\N=C1C(=O)NC(Cc2ccc(C3=NC(c4ccc(NC(=O)OC(C)(C)C)cc4)ON3)c(F)c2)C1=O)c1ccc(C2CC2)cc1. The van der Waals surface area contributed by atoms with Gasteiger partial charge in [0.25, 0.3) is 5.91 Å². The molecule has 0 bridgehead atoms. The zero-order valence-electron chi connectivity index (χ0n) is 26.6. The van der Waals surface area contributed by atoms with Crippen LogP contribution in [0.15, 0.2) is 82.8 Å². The number of allylic oxidation sites excluding steroid dienone is 1. The fourth-order valence-corrected chi connectivity index (χ4v) is 5.39. The lowest BCUT2D eigenvalue weighted by atomic mass is 10.0. The Labute approximate surface area is 272 Å². The minimum absolute atomic E-state index is 0.102. The molecule has 1 aliphatic carbocycles. The van der Waals surface area contributed by atoms with E-state index in [4.69, 9.17) is 9.57 Å². The van der Waals surface area contributed by atoms with E-state index in [1.165, 1.54) is 24.5 Å². The van der Waals surface area contributed by atoms with Crippen molar-refractivity contribution in [2.75, 3.05) is 5.32 Å². The first-order chi connectivity index (χ1) is 22.5. The van der Waals surface area contributed by atoms with Crippen LogP contribution in [0.25, 0.3) is 5.70 Å². The number of hydroxylamine groups is 1. The molecule has 3 aliphatic rings. The molecule has 1 saturated carbocycles. The molecule has 2 heterocycles. The highest BCUT2D eigenvalue weighted by Gasteiger charge is 2.38. The van der Waals surface area contributed by atoms with Gasteiger partial charge in [0.1, 0.15) is 11.4 Å². The molecule has 2 atom stereocenters. The monoisotopic (exact) mass is 637 g/mol. The number of benzene rings is 3. The van der Waals surface area contributed by atoms with Crippen molar-refractivity contribution in [3.8, 4) is 0 Å². The molecule has 0 radical (unpaired) electrons. The maximum atomic E-state index is 15.3. The lowest BCUT2D eigenvalue weighted by Gasteiger charge is -2.19. The lowest BCUT2D eigenvalue weighted by Crippen LogP contribution is -2.31. The number of ketones is 1. The lowest BCUT2D eigenvalue weighted by molar-refractivity contribution is -0.115. The summed E-state index contributed by atoms with van der Waals surface area (Å²) in [5.41, 5.74) is 6.50. The number of aliphatic imine (C=N–C) groups is 2. The Morgan fingerprint density at radius 2 is 1.77 bits per heavy atom. The van der Waals surface area contributed by atoms with Crippen LogP contribution in [0.3, 0.4) is 0 Å². The minimum Gasteiger partial charge on any atom is -0.444 e. The highest BCUT2D eigenvalue weighted by Crippen LogP contribution is 2.40. The van der Waals surface area contributed by atoms with Crippen LogP contribution in [-0.2, 0) is 25.6 Å². The van der Waals surface area contributed by atoms with Gasteiger partial charge in [0.05, 0.1) is 17.3 Å². The van der Waals surface area contributed by atoms with E-state index in [9.17, 15) is 14.4 Å². The van der Waals surface area contributed by atoms with E-state index in [0.717, 1.165) is 5.56 Å². The number of rotatable bonds is 8. The number of nitrogens with zero attached hydrogens (tertiary/aromatic N) is 2. The summed E-state index contributed by atoms with van der Waals surface area (Å²) in [6.45, 7) is 7.16. The average Bonchev–Trinajstić information content (AvgIpc) is 3.71. The quantitative estimate of drug-likeness (QED) is 0.272. The van der Waals surface area contributed by atoms with Crippen LogP contribution in [0.4, 0.5) is 14.9 Å². The first-order valence-electron chi connectivity index (χ1n) is 15.6. The fraction of sp³-hybridized carbons (Fsp3) is 0.306. The molecule has 2 unspecified atom stereocenters. The smallest absolute Gasteiger partial charge is 0.412 e. The maximum Gasteiger partial charge on any atom is 0.412 e. The third-order valence-electron chi connectivity index (χ3n) is 7.91.